The van der Waals surface area contributed by atoms with E-state index in [0.29, 0.717) is 0 Å². The van der Waals surface area contributed by atoms with Crippen molar-refractivity contribution in [1.29, 1.82) is 0 Å². The van der Waals surface area contributed by atoms with Gasteiger partial charge < -0.3 is 0 Å². The highest BCUT2D eigenvalue weighted by atomic mass is 79.9. The van der Waals surface area contributed by atoms with Gasteiger partial charge in [0, 0.05) is 0 Å². The predicted molar refractivity (Wildman–Crippen MR) is 111 cm³/mol. The van der Waals surface area contributed by atoms with E-state index in [9.17, 15) is 0 Å². The lowest BCUT2D eigenvalue weighted by atomic mass is 10.1. The van der Waals surface area contributed by atoms with Gasteiger partial charge in [-0.25, -0.2) is 0 Å². The molecule has 0 radical (unpaired) electrons. The van der Waals surface area contributed by atoms with Crippen LogP contribution in [0, 0.1) is 0 Å². The highest BCUT2D eigenvalue weighted by Crippen LogP contribution is 2.34. The van der Waals surface area contributed by atoms with Crippen LogP contribution in [0.1, 0.15) is 111 Å². The summed E-state index contributed by atoms with van der Waals surface area (Å²) in [7, 11) is 0. The summed E-state index contributed by atoms with van der Waals surface area (Å²) in [5, 5.41) is 0. The molecule has 0 fully saturated rings. The second-order valence-corrected chi connectivity index (χ2v) is 16.1. The molecule has 0 amide bonds. The molecule has 0 aliphatic carbocycles. The molecule has 0 aromatic rings. The molecule has 0 saturated carbocycles. The summed E-state index contributed by atoms with van der Waals surface area (Å²) in [4.78, 5) is 0. The molecule has 134 valence electrons. The first-order chi connectivity index (χ1) is 10.7. The quantitative estimate of drug-likeness (QED) is 0.132. The molecule has 0 saturated heterocycles. The molecule has 22 heavy (non-hydrogen) atoms. The average molecular weight is 392 g/mol. The predicted octanol–water partition coefficient (Wildman–Crippen LogP) is 8.85. The molecule has 0 spiro atoms. The lowest BCUT2D eigenvalue weighted by Crippen LogP contribution is -2.25. The maximum atomic E-state index is 4.29. The van der Waals surface area contributed by atoms with Crippen LogP contribution in [0.4, 0.5) is 0 Å². The Morgan fingerprint density at radius 1 is 0.455 bits per heavy atom. The van der Waals surface area contributed by atoms with Crippen LogP contribution in [0.15, 0.2) is 0 Å². The second kappa shape index (κ2) is 16.6. The number of unbranched alkanes of at least 4 members (excludes halogenated alkanes) is 11. The molecule has 0 aliphatic heterocycles. The summed E-state index contributed by atoms with van der Waals surface area (Å²) < 4.78 is 0. The summed E-state index contributed by atoms with van der Waals surface area (Å²) in [5.41, 5.74) is 0. The van der Waals surface area contributed by atoms with Crippen molar-refractivity contribution in [3.8, 4) is 0 Å². The summed E-state index contributed by atoms with van der Waals surface area (Å²) in [6, 6.07) is 4.59. The van der Waals surface area contributed by atoms with E-state index in [1.165, 1.54) is 108 Å². The number of hydrogen-bond donors (Lipinski definition) is 0. The summed E-state index contributed by atoms with van der Waals surface area (Å²) >= 11 is 4.29. The van der Waals surface area contributed by atoms with Gasteiger partial charge in [-0.3, -0.25) is 0 Å². The van der Waals surface area contributed by atoms with Crippen LogP contribution in [-0.2, 0) is 0 Å². The van der Waals surface area contributed by atoms with E-state index in [1.807, 2.05) is 0 Å². The van der Waals surface area contributed by atoms with Crippen molar-refractivity contribution in [2.24, 2.45) is 0 Å². The van der Waals surface area contributed by atoms with Crippen LogP contribution in [0.25, 0.3) is 0 Å². The number of hydrogen-bond acceptors (Lipinski definition) is 0. The van der Waals surface area contributed by atoms with E-state index >= 15 is 0 Å². The normalized spacial score (nSPS) is 12.0. The molecule has 0 unspecified atom stereocenters. The smallest absolute Gasteiger partial charge is 0.126 e. The van der Waals surface area contributed by atoms with Gasteiger partial charge in [-0.05, 0) is 18.1 Å². The Morgan fingerprint density at radius 2 is 0.773 bits per heavy atom. The van der Waals surface area contributed by atoms with Gasteiger partial charge >= 0.3 is 0 Å². The van der Waals surface area contributed by atoms with Gasteiger partial charge in [0.05, 0.1) is 0 Å². The molecule has 0 bridgehead atoms. The van der Waals surface area contributed by atoms with Crippen LogP contribution < -0.4 is 0 Å². The molecule has 0 aromatic heterocycles. The molecule has 0 aliphatic rings. The van der Waals surface area contributed by atoms with Crippen molar-refractivity contribution < 1.29 is 0 Å². The molecule has 2 heteroatoms. The van der Waals surface area contributed by atoms with Crippen LogP contribution in [0.3, 0.4) is 0 Å². The Kier molecular flexibility index (Phi) is 17.1. The number of halogens is 1. The van der Waals surface area contributed by atoms with Crippen molar-refractivity contribution in [3.63, 3.8) is 0 Å². The lowest BCUT2D eigenvalue weighted by Gasteiger charge is -2.25. The van der Waals surface area contributed by atoms with E-state index in [2.05, 4.69) is 36.1 Å². The van der Waals surface area contributed by atoms with E-state index in [0.717, 1.165) is 0 Å². The zero-order valence-corrected chi connectivity index (χ0v) is 18.5. The molecular weight excluding hydrogens is 348 g/mol. The van der Waals surface area contributed by atoms with Crippen molar-refractivity contribution in [2.75, 3.05) is 0 Å². The Hall–Kier alpha value is 0.697. The Labute approximate surface area is 150 Å². The Balaban J connectivity index is 3.84. The Morgan fingerprint density at radius 3 is 1.18 bits per heavy atom. The summed E-state index contributed by atoms with van der Waals surface area (Å²) in [6.07, 6.45) is 20.2. The van der Waals surface area contributed by atoms with Crippen LogP contribution in [0.2, 0.25) is 18.1 Å². The Bertz CT molecular complexity index is 202. The van der Waals surface area contributed by atoms with Crippen LogP contribution in [0.5, 0.6) is 0 Å². The molecule has 0 heterocycles. The van der Waals surface area contributed by atoms with Crippen LogP contribution >= 0.6 is 15.3 Å². The fraction of sp³-hybridized carbons (Fsp3) is 1.00. The zero-order chi connectivity index (χ0) is 16.5. The summed E-state index contributed by atoms with van der Waals surface area (Å²) in [5.74, 6) is 0. The third kappa shape index (κ3) is 14.3. The first-order valence-corrected chi connectivity index (χ1v) is 15.2. The highest BCUT2D eigenvalue weighted by molar-refractivity contribution is 9.26. The first kappa shape index (κ1) is 22.7. The minimum Gasteiger partial charge on any atom is -0.126 e. The second-order valence-electron chi connectivity index (χ2n) is 7.29. The van der Waals surface area contributed by atoms with Crippen molar-refractivity contribution in [1.82, 2.24) is 0 Å². The fourth-order valence-electron chi connectivity index (χ4n) is 3.31. The van der Waals surface area contributed by atoms with Gasteiger partial charge in [0.1, 0.15) is 6.69 Å². The fourth-order valence-corrected chi connectivity index (χ4v) is 9.34. The standard InChI is InChI=1S/C20H43BrSi/c1-4-7-10-12-14-16-19-22(21,18-9-6-3)20-17-15-13-11-8-5-2/h4-20H2,1-3H3. The van der Waals surface area contributed by atoms with E-state index in [4.69, 9.17) is 0 Å². The molecular formula is C20H43BrSi. The van der Waals surface area contributed by atoms with Crippen LogP contribution in [-0.4, -0.2) is 6.69 Å². The van der Waals surface area contributed by atoms with Gasteiger partial charge in [0.25, 0.3) is 0 Å². The molecule has 0 rings (SSSR count). The zero-order valence-electron chi connectivity index (χ0n) is 15.9. The van der Waals surface area contributed by atoms with Gasteiger partial charge in [0.2, 0.25) is 0 Å². The monoisotopic (exact) mass is 390 g/mol. The van der Waals surface area contributed by atoms with Crippen molar-refractivity contribution >= 4 is 22.0 Å². The van der Waals surface area contributed by atoms with E-state index in [1.54, 1.807) is 0 Å². The van der Waals surface area contributed by atoms with E-state index in [-0.39, 0.29) is 0 Å². The third-order valence-corrected chi connectivity index (χ3v) is 12.3. The lowest BCUT2D eigenvalue weighted by molar-refractivity contribution is 0.615. The maximum Gasteiger partial charge on any atom is 0.130 e. The van der Waals surface area contributed by atoms with E-state index < -0.39 is 6.69 Å². The molecule has 0 N–H and O–H groups in total. The average Bonchev–Trinajstić information content (AvgIpc) is 2.52. The molecule has 0 atom stereocenters. The molecule has 0 aromatic carbocycles. The van der Waals surface area contributed by atoms with Gasteiger partial charge in [0.15, 0.2) is 0 Å². The molecule has 0 nitrogen and oxygen atoms in total. The van der Waals surface area contributed by atoms with Gasteiger partial charge in [-0.1, -0.05) is 111 Å². The van der Waals surface area contributed by atoms with Crippen molar-refractivity contribution in [3.05, 3.63) is 0 Å². The maximum absolute atomic E-state index is 4.29. The minimum absolute atomic E-state index is 1.09. The topological polar surface area (TPSA) is 0 Å². The van der Waals surface area contributed by atoms with Gasteiger partial charge in [-0.15, -0.1) is 15.3 Å². The van der Waals surface area contributed by atoms with Crippen molar-refractivity contribution in [2.45, 2.75) is 129 Å². The highest BCUT2D eigenvalue weighted by Gasteiger charge is 2.27. The largest absolute Gasteiger partial charge is 0.130 e. The summed E-state index contributed by atoms with van der Waals surface area (Å²) in [6.45, 7) is 5.86. The minimum atomic E-state index is -1.09. The number of rotatable bonds is 17. The first-order valence-electron chi connectivity index (χ1n) is 10.4. The SMILES string of the molecule is CCCCCCCC[Si](Br)(CCCC)CCCCCCCC. The third-order valence-electron chi connectivity index (χ3n) is 4.94. The van der Waals surface area contributed by atoms with Gasteiger partial charge in [-0.2, -0.15) is 0 Å².